The number of benzene rings is 1. The molecule has 1 aliphatic rings. The van der Waals surface area contributed by atoms with Crippen LogP contribution in [0.2, 0.25) is 0 Å². The van der Waals surface area contributed by atoms with Gasteiger partial charge in [-0.25, -0.2) is 0 Å². The molecule has 6 nitrogen and oxygen atoms in total. The number of hydrogen-bond donors (Lipinski definition) is 2. The van der Waals surface area contributed by atoms with Gasteiger partial charge in [0.1, 0.15) is 0 Å². The van der Waals surface area contributed by atoms with Crippen LogP contribution in [0, 0.1) is 6.92 Å². The molecule has 1 amide bonds. The number of carbonyl (C=O) groups is 1. The van der Waals surface area contributed by atoms with E-state index in [-0.39, 0.29) is 11.9 Å². The summed E-state index contributed by atoms with van der Waals surface area (Å²) >= 11 is 0. The lowest BCUT2D eigenvalue weighted by atomic mass is 9.87. The van der Waals surface area contributed by atoms with E-state index >= 15 is 0 Å². The molecule has 2 aromatic rings. The minimum atomic E-state index is 0.0657. The summed E-state index contributed by atoms with van der Waals surface area (Å²) in [4.78, 5) is 16.3. The number of nitrogens with one attached hydrogen (secondary N) is 1. The zero-order valence-corrected chi connectivity index (χ0v) is 13.3. The van der Waals surface area contributed by atoms with Crippen LogP contribution in [0.25, 0.3) is 0 Å². The standard InChI is InChI=1S/C17H22N4O2/c1-11-19-17(23-21-11)7-3-6-16(22)20-15-5-2-4-12-10-13(18)8-9-14(12)15/h8-10,15H,2-7,18H2,1H3,(H,20,22). The lowest BCUT2D eigenvalue weighted by molar-refractivity contribution is -0.122. The van der Waals surface area contributed by atoms with Gasteiger partial charge in [0.25, 0.3) is 0 Å². The molecule has 122 valence electrons. The third-order valence-electron chi connectivity index (χ3n) is 4.18. The third kappa shape index (κ3) is 3.88. The highest BCUT2D eigenvalue weighted by atomic mass is 16.5. The van der Waals surface area contributed by atoms with Crippen LogP contribution in [0.15, 0.2) is 22.7 Å². The van der Waals surface area contributed by atoms with Gasteiger partial charge in [-0.2, -0.15) is 4.98 Å². The highest BCUT2D eigenvalue weighted by molar-refractivity contribution is 5.76. The van der Waals surface area contributed by atoms with E-state index in [0.29, 0.717) is 31.0 Å². The summed E-state index contributed by atoms with van der Waals surface area (Å²) in [6.45, 7) is 1.78. The largest absolute Gasteiger partial charge is 0.399 e. The maximum atomic E-state index is 12.2. The van der Waals surface area contributed by atoms with Crippen molar-refractivity contribution < 1.29 is 9.32 Å². The lowest BCUT2D eigenvalue weighted by Gasteiger charge is -2.26. The van der Waals surface area contributed by atoms with Gasteiger partial charge in [-0.3, -0.25) is 4.79 Å². The van der Waals surface area contributed by atoms with E-state index in [9.17, 15) is 4.79 Å². The molecule has 0 aliphatic heterocycles. The van der Waals surface area contributed by atoms with E-state index in [0.717, 1.165) is 24.9 Å². The van der Waals surface area contributed by atoms with Gasteiger partial charge < -0.3 is 15.6 Å². The lowest BCUT2D eigenvalue weighted by Crippen LogP contribution is -2.30. The van der Waals surface area contributed by atoms with Gasteiger partial charge in [0.05, 0.1) is 6.04 Å². The van der Waals surface area contributed by atoms with Crippen molar-refractivity contribution in [3.8, 4) is 0 Å². The Bertz CT molecular complexity index is 696. The summed E-state index contributed by atoms with van der Waals surface area (Å²) in [5.41, 5.74) is 9.08. The normalized spacial score (nSPS) is 16.8. The molecule has 23 heavy (non-hydrogen) atoms. The molecular formula is C17H22N4O2. The molecule has 3 rings (SSSR count). The Kier molecular flexibility index (Phi) is 4.60. The van der Waals surface area contributed by atoms with Gasteiger partial charge >= 0.3 is 0 Å². The molecule has 0 saturated heterocycles. The Morgan fingerprint density at radius 1 is 1.48 bits per heavy atom. The van der Waals surface area contributed by atoms with Gasteiger partial charge in [0.15, 0.2) is 5.82 Å². The zero-order chi connectivity index (χ0) is 16.2. The van der Waals surface area contributed by atoms with Gasteiger partial charge in [-0.1, -0.05) is 11.2 Å². The van der Waals surface area contributed by atoms with Crippen LogP contribution in [0.1, 0.15) is 54.6 Å². The molecule has 3 N–H and O–H groups in total. The first-order valence-corrected chi connectivity index (χ1v) is 8.08. The van der Waals surface area contributed by atoms with Crippen LogP contribution >= 0.6 is 0 Å². The van der Waals surface area contributed by atoms with Crippen molar-refractivity contribution in [3.05, 3.63) is 41.0 Å². The Labute approximate surface area is 135 Å². The number of amides is 1. The Hall–Kier alpha value is -2.37. The number of nitrogen functional groups attached to an aromatic ring is 1. The average molecular weight is 314 g/mol. The van der Waals surface area contributed by atoms with Gasteiger partial charge in [0.2, 0.25) is 11.8 Å². The van der Waals surface area contributed by atoms with E-state index in [4.69, 9.17) is 10.3 Å². The summed E-state index contributed by atoms with van der Waals surface area (Å²) in [6, 6.07) is 6.06. The Morgan fingerprint density at radius 2 is 2.35 bits per heavy atom. The highest BCUT2D eigenvalue weighted by Gasteiger charge is 2.21. The molecule has 1 unspecified atom stereocenters. The van der Waals surface area contributed by atoms with E-state index in [1.54, 1.807) is 6.92 Å². The van der Waals surface area contributed by atoms with Gasteiger partial charge in [0, 0.05) is 18.5 Å². The number of hydrogen-bond acceptors (Lipinski definition) is 5. The molecule has 0 saturated carbocycles. The number of carbonyl (C=O) groups excluding carboxylic acids is 1. The molecule has 1 aromatic heterocycles. The number of fused-ring (bicyclic) bond motifs is 1. The Morgan fingerprint density at radius 3 is 3.13 bits per heavy atom. The second-order valence-corrected chi connectivity index (χ2v) is 6.06. The first-order chi connectivity index (χ1) is 11.1. The Balaban J connectivity index is 1.52. The van der Waals surface area contributed by atoms with Crippen molar-refractivity contribution in [2.45, 2.75) is 51.5 Å². The molecule has 0 bridgehead atoms. The minimum absolute atomic E-state index is 0.0657. The predicted octanol–water partition coefficient (Wildman–Crippen LogP) is 2.48. The van der Waals surface area contributed by atoms with Crippen LogP contribution < -0.4 is 11.1 Å². The smallest absolute Gasteiger partial charge is 0.226 e. The second kappa shape index (κ2) is 6.81. The summed E-state index contributed by atoms with van der Waals surface area (Å²) < 4.78 is 5.05. The molecule has 6 heteroatoms. The fraction of sp³-hybridized carbons (Fsp3) is 0.471. The summed E-state index contributed by atoms with van der Waals surface area (Å²) in [7, 11) is 0. The van der Waals surface area contributed by atoms with Crippen molar-refractivity contribution in [2.24, 2.45) is 0 Å². The molecule has 1 heterocycles. The van der Waals surface area contributed by atoms with Crippen molar-refractivity contribution in [3.63, 3.8) is 0 Å². The maximum Gasteiger partial charge on any atom is 0.226 e. The topological polar surface area (TPSA) is 94.0 Å². The fourth-order valence-electron chi connectivity index (χ4n) is 3.09. The number of aromatic nitrogens is 2. The number of rotatable bonds is 5. The molecule has 1 aromatic carbocycles. The van der Waals surface area contributed by atoms with Crippen LogP contribution in [-0.4, -0.2) is 16.0 Å². The number of aryl methyl sites for hydroxylation is 3. The van der Waals surface area contributed by atoms with Gasteiger partial charge in [-0.15, -0.1) is 0 Å². The van der Waals surface area contributed by atoms with E-state index in [1.807, 2.05) is 18.2 Å². The molecule has 0 fully saturated rings. The monoisotopic (exact) mass is 314 g/mol. The number of nitrogens with zero attached hydrogens (tertiary/aromatic N) is 2. The van der Waals surface area contributed by atoms with E-state index in [2.05, 4.69) is 15.5 Å². The second-order valence-electron chi connectivity index (χ2n) is 6.06. The molecule has 1 aliphatic carbocycles. The van der Waals surface area contributed by atoms with E-state index in [1.165, 1.54) is 11.1 Å². The average Bonchev–Trinajstić information content (AvgIpc) is 2.92. The van der Waals surface area contributed by atoms with Gasteiger partial charge in [-0.05, 0) is 55.9 Å². The van der Waals surface area contributed by atoms with Crippen LogP contribution in [0.3, 0.4) is 0 Å². The number of anilines is 1. The summed E-state index contributed by atoms with van der Waals surface area (Å²) in [6.07, 6.45) is 4.88. The van der Waals surface area contributed by atoms with Crippen LogP contribution in [0.4, 0.5) is 5.69 Å². The maximum absolute atomic E-state index is 12.2. The van der Waals surface area contributed by atoms with Crippen molar-refractivity contribution >= 4 is 11.6 Å². The fourth-order valence-corrected chi connectivity index (χ4v) is 3.09. The molecular weight excluding hydrogens is 292 g/mol. The molecule has 0 spiro atoms. The molecule has 0 radical (unpaired) electrons. The summed E-state index contributed by atoms with van der Waals surface area (Å²) in [5, 5.41) is 6.88. The first kappa shape index (κ1) is 15.5. The quantitative estimate of drug-likeness (QED) is 0.827. The third-order valence-corrected chi connectivity index (χ3v) is 4.18. The first-order valence-electron chi connectivity index (χ1n) is 8.08. The van der Waals surface area contributed by atoms with Crippen molar-refractivity contribution in [1.82, 2.24) is 15.5 Å². The highest BCUT2D eigenvalue weighted by Crippen LogP contribution is 2.31. The predicted molar refractivity (Wildman–Crippen MR) is 86.6 cm³/mol. The van der Waals surface area contributed by atoms with Crippen LogP contribution in [0.5, 0.6) is 0 Å². The minimum Gasteiger partial charge on any atom is -0.399 e. The number of nitrogens with two attached hydrogens (primary N) is 1. The van der Waals surface area contributed by atoms with Crippen molar-refractivity contribution in [1.29, 1.82) is 0 Å². The van der Waals surface area contributed by atoms with Crippen LogP contribution in [-0.2, 0) is 17.6 Å². The molecule has 1 atom stereocenters. The van der Waals surface area contributed by atoms with E-state index < -0.39 is 0 Å². The zero-order valence-electron chi connectivity index (χ0n) is 13.3. The van der Waals surface area contributed by atoms with Crippen molar-refractivity contribution in [2.75, 3.05) is 5.73 Å². The SMILES string of the molecule is Cc1noc(CCCC(=O)NC2CCCc3cc(N)ccc32)n1. The summed E-state index contributed by atoms with van der Waals surface area (Å²) in [5.74, 6) is 1.28.